The summed E-state index contributed by atoms with van der Waals surface area (Å²) in [6.45, 7) is 1.44. The zero-order chi connectivity index (χ0) is 19.1. The van der Waals surface area contributed by atoms with E-state index in [9.17, 15) is 4.79 Å². The van der Waals surface area contributed by atoms with Crippen LogP contribution in [0.4, 0.5) is 5.82 Å². The van der Waals surface area contributed by atoms with E-state index in [-0.39, 0.29) is 0 Å². The van der Waals surface area contributed by atoms with Crippen molar-refractivity contribution in [1.29, 1.82) is 0 Å². The highest BCUT2D eigenvalue weighted by atomic mass is 35.5. The molecular weight excluding hydrogens is 373 g/mol. The van der Waals surface area contributed by atoms with Crippen molar-refractivity contribution in [3.05, 3.63) is 64.1 Å². The van der Waals surface area contributed by atoms with Gasteiger partial charge < -0.3 is 10.1 Å². The van der Waals surface area contributed by atoms with Crippen molar-refractivity contribution in [3.8, 4) is 16.9 Å². The van der Waals surface area contributed by atoms with Crippen molar-refractivity contribution in [1.82, 2.24) is 9.78 Å². The molecule has 0 fully saturated rings. The molecule has 7 heteroatoms. The maximum atomic E-state index is 10.8. The maximum absolute atomic E-state index is 10.8. The number of nitrogens with zero attached hydrogens (tertiary/aromatic N) is 2. The Kier molecular flexibility index (Phi) is 6.95. The minimum absolute atomic E-state index is 0.455. The fourth-order valence-corrected chi connectivity index (χ4v) is 2.67. The second-order valence-electron chi connectivity index (χ2n) is 5.15. The first-order chi connectivity index (χ1) is 12.5. The van der Waals surface area contributed by atoms with E-state index in [2.05, 4.69) is 10.4 Å². The number of anilines is 1. The molecule has 0 aliphatic rings. The van der Waals surface area contributed by atoms with Gasteiger partial charge in [0.25, 0.3) is 0 Å². The molecule has 1 N–H and O–H groups in total. The molecule has 3 aromatic rings. The lowest BCUT2D eigenvalue weighted by atomic mass is 10.1. The number of carbonyl (C=O) groups excluding carboxylic acids is 2. The Morgan fingerprint density at radius 2 is 1.69 bits per heavy atom. The van der Waals surface area contributed by atoms with Crippen molar-refractivity contribution in [2.75, 3.05) is 12.4 Å². The summed E-state index contributed by atoms with van der Waals surface area (Å²) in [6.07, 6.45) is 1.51. The van der Waals surface area contributed by atoms with Gasteiger partial charge in [0.1, 0.15) is 18.4 Å². The van der Waals surface area contributed by atoms with Crippen LogP contribution in [0, 0.1) is 0 Å². The molecule has 26 heavy (non-hydrogen) atoms. The van der Waals surface area contributed by atoms with Gasteiger partial charge in [0, 0.05) is 29.3 Å². The highest BCUT2D eigenvalue weighted by Crippen LogP contribution is 2.29. The summed E-state index contributed by atoms with van der Waals surface area (Å²) in [5, 5.41) is 8.83. The Labute approximate surface area is 161 Å². The van der Waals surface area contributed by atoms with E-state index in [0.29, 0.717) is 21.3 Å². The van der Waals surface area contributed by atoms with Gasteiger partial charge in [-0.1, -0.05) is 35.3 Å². The lowest BCUT2D eigenvalue weighted by Crippen LogP contribution is -2.03. The van der Waals surface area contributed by atoms with E-state index >= 15 is 0 Å². The number of hydrogen-bond donors (Lipinski definition) is 1. The molecule has 2 aromatic carbocycles. The number of rotatable bonds is 4. The molecule has 134 valence electrons. The molecule has 1 heterocycles. The zero-order valence-electron chi connectivity index (χ0n) is 14.2. The first kappa shape index (κ1) is 19.7. The SMILES string of the molecule is CC=O.CNc1cc(-c2ccc(Cl)cc2)nn1-c1ccc(C=O)cc1Cl. The molecule has 1 aromatic heterocycles. The van der Waals surface area contributed by atoms with Gasteiger partial charge in [-0.25, -0.2) is 4.68 Å². The van der Waals surface area contributed by atoms with Crippen LogP contribution in [0.5, 0.6) is 0 Å². The van der Waals surface area contributed by atoms with Gasteiger partial charge in [0.15, 0.2) is 0 Å². The van der Waals surface area contributed by atoms with E-state index in [1.165, 1.54) is 6.92 Å². The normalized spacial score (nSPS) is 9.85. The molecule has 0 bridgehead atoms. The number of halogens is 2. The number of aromatic nitrogens is 2. The number of hydrogen-bond acceptors (Lipinski definition) is 4. The second-order valence-corrected chi connectivity index (χ2v) is 5.99. The molecule has 0 atom stereocenters. The first-order valence-electron chi connectivity index (χ1n) is 7.72. The standard InChI is InChI=1S/C17H13Cl2N3O.C2H4O/c1-20-17-9-15(12-3-5-13(18)6-4-12)21-22(17)16-7-2-11(10-23)8-14(16)19;1-2-3/h2-10,20H,1H3;2H,1H3. The lowest BCUT2D eigenvalue weighted by molar-refractivity contribution is -0.106. The predicted octanol–water partition coefficient (Wildman–Crippen LogP) is 4.91. The number of carbonyl (C=O) groups is 2. The molecule has 0 saturated heterocycles. The van der Waals surface area contributed by atoms with Gasteiger partial charge in [0.05, 0.1) is 16.4 Å². The van der Waals surface area contributed by atoms with Crippen molar-refractivity contribution in [2.45, 2.75) is 6.92 Å². The van der Waals surface area contributed by atoms with E-state index < -0.39 is 0 Å². The van der Waals surface area contributed by atoms with E-state index in [1.807, 2.05) is 37.4 Å². The Morgan fingerprint density at radius 1 is 1.04 bits per heavy atom. The van der Waals surface area contributed by atoms with Crippen LogP contribution in [0.1, 0.15) is 17.3 Å². The van der Waals surface area contributed by atoms with Crippen LogP contribution in [0.2, 0.25) is 10.0 Å². The minimum atomic E-state index is 0.455. The van der Waals surface area contributed by atoms with E-state index in [4.69, 9.17) is 28.0 Å². The summed E-state index contributed by atoms with van der Waals surface area (Å²) >= 11 is 12.2. The summed E-state index contributed by atoms with van der Waals surface area (Å²) in [5.74, 6) is 0.788. The number of aldehydes is 2. The highest BCUT2D eigenvalue weighted by molar-refractivity contribution is 6.32. The van der Waals surface area contributed by atoms with Crippen LogP contribution in [0.25, 0.3) is 16.9 Å². The Bertz CT molecular complexity index is 906. The van der Waals surface area contributed by atoms with Gasteiger partial charge in [-0.05, 0) is 37.3 Å². The molecular formula is C19H17Cl2N3O2. The Balaban J connectivity index is 0.000000758. The largest absolute Gasteiger partial charge is 0.373 e. The van der Waals surface area contributed by atoms with Crippen molar-refractivity contribution in [2.24, 2.45) is 0 Å². The smallest absolute Gasteiger partial charge is 0.150 e. The van der Waals surface area contributed by atoms with Crippen molar-refractivity contribution >= 4 is 41.6 Å². The average Bonchev–Trinajstić information content (AvgIpc) is 3.07. The summed E-state index contributed by atoms with van der Waals surface area (Å²) in [6, 6.07) is 14.5. The summed E-state index contributed by atoms with van der Waals surface area (Å²) in [4.78, 5) is 19.6. The van der Waals surface area contributed by atoms with Crippen LogP contribution in [0.3, 0.4) is 0 Å². The van der Waals surface area contributed by atoms with E-state index in [0.717, 1.165) is 29.6 Å². The Morgan fingerprint density at radius 3 is 2.23 bits per heavy atom. The first-order valence-corrected chi connectivity index (χ1v) is 8.48. The monoisotopic (exact) mass is 389 g/mol. The lowest BCUT2D eigenvalue weighted by Gasteiger charge is -2.08. The van der Waals surface area contributed by atoms with Crippen LogP contribution in [-0.2, 0) is 4.79 Å². The zero-order valence-corrected chi connectivity index (χ0v) is 15.8. The molecule has 0 amide bonds. The topological polar surface area (TPSA) is 64.0 Å². The summed E-state index contributed by atoms with van der Waals surface area (Å²) in [5.41, 5.74) is 2.96. The molecule has 0 aliphatic carbocycles. The molecule has 3 rings (SSSR count). The fraction of sp³-hybridized carbons (Fsp3) is 0.105. The Hall–Kier alpha value is -2.63. The molecule has 0 unspecified atom stereocenters. The van der Waals surface area contributed by atoms with E-state index in [1.54, 1.807) is 22.9 Å². The summed E-state index contributed by atoms with van der Waals surface area (Å²) < 4.78 is 1.71. The van der Waals surface area contributed by atoms with Crippen molar-refractivity contribution in [3.63, 3.8) is 0 Å². The third-order valence-corrected chi connectivity index (χ3v) is 4.00. The van der Waals surface area contributed by atoms with Crippen molar-refractivity contribution < 1.29 is 9.59 Å². The van der Waals surface area contributed by atoms with Crippen LogP contribution < -0.4 is 5.32 Å². The predicted molar refractivity (Wildman–Crippen MR) is 106 cm³/mol. The van der Waals surface area contributed by atoms with Gasteiger partial charge in [-0.3, -0.25) is 4.79 Å². The number of nitrogens with one attached hydrogen (secondary N) is 1. The molecule has 5 nitrogen and oxygen atoms in total. The third kappa shape index (κ3) is 4.50. The molecule has 0 saturated carbocycles. The second kappa shape index (κ2) is 9.17. The van der Waals surface area contributed by atoms with Gasteiger partial charge in [-0.15, -0.1) is 0 Å². The highest BCUT2D eigenvalue weighted by Gasteiger charge is 2.13. The number of benzene rings is 2. The average molecular weight is 390 g/mol. The van der Waals surface area contributed by atoms with Crippen LogP contribution >= 0.6 is 23.2 Å². The third-order valence-electron chi connectivity index (χ3n) is 3.44. The molecule has 0 spiro atoms. The quantitative estimate of drug-likeness (QED) is 0.644. The van der Waals surface area contributed by atoms with Gasteiger partial charge in [0.2, 0.25) is 0 Å². The van der Waals surface area contributed by atoms with Gasteiger partial charge in [-0.2, -0.15) is 5.10 Å². The minimum Gasteiger partial charge on any atom is -0.373 e. The molecule has 0 radical (unpaired) electrons. The fourth-order valence-electron chi connectivity index (χ4n) is 2.27. The van der Waals surface area contributed by atoms with Crippen LogP contribution in [0.15, 0.2) is 48.5 Å². The summed E-state index contributed by atoms with van der Waals surface area (Å²) in [7, 11) is 1.81. The van der Waals surface area contributed by atoms with Crippen LogP contribution in [-0.4, -0.2) is 29.4 Å². The van der Waals surface area contributed by atoms with Gasteiger partial charge >= 0.3 is 0 Å². The maximum Gasteiger partial charge on any atom is 0.150 e. The molecule has 0 aliphatic heterocycles.